The topological polar surface area (TPSA) is 88.1 Å². The predicted octanol–water partition coefficient (Wildman–Crippen LogP) is 3.73. The maximum atomic E-state index is 11.8. The van der Waals surface area contributed by atoms with Crippen molar-refractivity contribution in [2.45, 2.75) is 20.0 Å². The van der Waals surface area contributed by atoms with Gasteiger partial charge in [0.25, 0.3) is 0 Å². The molecule has 6 heteroatoms. The fraction of sp³-hybridized carbons (Fsp3) is 0.211. The Morgan fingerprint density at radius 2 is 2.04 bits per heavy atom. The largest absolute Gasteiger partial charge is 0.436 e. The summed E-state index contributed by atoms with van der Waals surface area (Å²) in [5.74, 6) is 0.262. The number of carbonyl (C=O) groups is 1. The molecule has 6 nitrogen and oxygen atoms in total. The van der Waals surface area contributed by atoms with E-state index in [2.05, 4.69) is 16.4 Å². The molecule has 0 fully saturated rings. The van der Waals surface area contributed by atoms with Crippen LogP contribution in [0, 0.1) is 11.3 Å². The normalized spacial score (nSPS) is 10.8. The Kier molecular flexibility index (Phi) is 4.78. The summed E-state index contributed by atoms with van der Waals surface area (Å²) < 4.78 is 11.0. The molecule has 0 saturated heterocycles. The second-order valence-electron chi connectivity index (χ2n) is 5.80. The maximum Gasteiger partial charge on any atom is 0.250 e. The first kappa shape index (κ1) is 16.7. The van der Waals surface area contributed by atoms with Gasteiger partial charge in [0.2, 0.25) is 11.8 Å². The third kappa shape index (κ3) is 4.03. The van der Waals surface area contributed by atoms with Gasteiger partial charge in [-0.2, -0.15) is 5.26 Å². The highest BCUT2D eigenvalue weighted by Crippen LogP contribution is 2.25. The van der Waals surface area contributed by atoms with Gasteiger partial charge in [-0.25, -0.2) is 4.98 Å². The number of hydrogen-bond donors (Lipinski definition) is 1. The van der Waals surface area contributed by atoms with Gasteiger partial charge in [0.15, 0.2) is 5.58 Å². The monoisotopic (exact) mass is 335 g/mol. The summed E-state index contributed by atoms with van der Waals surface area (Å²) in [6.07, 6.45) is 0.00818. The van der Waals surface area contributed by atoms with Gasteiger partial charge in [0, 0.05) is 11.3 Å². The smallest absolute Gasteiger partial charge is 0.250 e. The molecule has 0 saturated carbocycles. The third-order valence-electron chi connectivity index (χ3n) is 3.48. The summed E-state index contributed by atoms with van der Waals surface area (Å²) in [4.78, 5) is 16.2. The molecule has 0 aliphatic rings. The highest BCUT2D eigenvalue weighted by Gasteiger charge is 2.10. The summed E-state index contributed by atoms with van der Waals surface area (Å²) in [6, 6.07) is 14.4. The minimum Gasteiger partial charge on any atom is -0.436 e. The molecule has 0 aliphatic carbocycles. The summed E-state index contributed by atoms with van der Waals surface area (Å²) in [5.41, 5.74) is 3.25. The van der Waals surface area contributed by atoms with E-state index in [1.807, 2.05) is 26.0 Å². The van der Waals surface area contributed by atoms with Gasteiger partial charge in [-0.15, -0.1) is 0 Å². The van der Waals surface area contributed by atoms with Gasteiger partial charge in [0.05, 0.1) is 17.7 Å². The molecule has 1 aromatic heterocycles. The first-order valence-electron chi connectivity index (χ1n) is 7.88. The van der Waals surface area contributed by atoms with E-state index in [4.69, 9.17) is 14.4 Å². The maximum absolute atomic E-state index is 11.8. The molecule has 0 spiro atoms. The van der Waals surface area contributed by atoms with Crippen LogP contribution in [-0.4, -0.2) is 23.6 Å². The molecule has 0 unspecified atom stereocenters. The molecule has 3 rings (SSSR count). The number of benzene rings is 2. The van der Waals surface area contributed by atoms with E-state index in [0.29, 0.717) is 28.2 Å². The van der Waals surface area contributed by atoms with Crippen LogP contribution in [0.2, 0.25) is 0 Å². The van der Waals surface area contributed by atoms with Crippen LogP contribution in [0.5, 0.6) is 0 Å². The second kappa shape index (κ2) is 7.16. The summed E-state index contributed by atoms with van der Waals surface area (Å²) in [6.45, 7) is 3.77. The van der Waals surface area contributed by atoms with Crippen molar-refractivity contribution < 1.29 is 13.9 Å². The van der Waals surface area contributed by atoms with E-state index in [1.54, 1.807) is 30.3 Å². The van der Waals surface area contributed by atoms with Crippen molar-refractivity contribution in [3.63, 3.8) is 0 Å². The van der Waals surface area contributed by atoms with Gasteiger partial charge in [-0.05, 0) is 56.3 Å². The fourth-order valence-corrected chi connectivity index (χ4v) is 2.26. The standard InChI is InChI=1S/C19H17N3O3/c1-12(2)24-11-18(23)21-15-6-4-14(5-7-15)19-22-16-9-13(10-20)3-8-17(16)25-19/h3-9,12H,11H2,1-2H3,(H,21,23). The molecule has 0 bridgehead atoms. The lowest BCUT2D eigenvalue weighted by atomic mass is 10.2. The van der Waals surface area contributed by atoms with Crippen LogP contribution in [0.4, 0.5) is 5.69 Å². The number of anilines is 1. The minimum absolute atomic E-state index is 0.00818. The van der Waals surface area contributed by atoms with Crippen molar-refractivity contribution in [2.24, 2.45) is 0 Å². The van der Waals surface area contributed by atoms with E-state index >= 15 is 0 Å². The molecular formula is C19H17N3O3. The first-order valence-corrected chi connectivity index (χ1v) is 7.88. The molecule has 3 aromatic rings. The number of nitrogens with zero attached hydrogens (tertiary/aromatic N) is 2. The Bertz CT molecular complexity index is 937. The Hall–Kier alpha value is -3.17. The second-order valence-corrected chi connectivity index (χ2v) is 5.80. The van der Waals surface area contributed by atoms with Gasteiger partial charge >= 0.3 is 0 Å². The van der Waals surface area contributed by atoms with Crippen molar-refractivity contribution in [1.82, 2.24) is 4.98 Å². The van der Waals surface area contributed by atoms with Crippen molar-refractivity contribution in [3.8, 4) is 17.5 Å². The number of fused-ring (bicyclic) bond motifs is 1. The van der Waals surface area contributed by atoms with Gasteiger partial charge < -0.3 is 14.5 Å². The molecule has 1 N–H and O–H groups in total. The molecular weight excluding hydrogens is 318 g/mol. The minimum atomic E-state index is -0.202. The number of rotatable bonds is 5. The fourth-order valence-electron chi connectivity index (χ4n) is 2.26. The number of ether oxygens (including phenoxy) is 1. The average Bonchev–Trinajstić information content (AvgIpc) is 3.03. The van der Waals surface area contributed by atoms with Crippen LogP contribution in [0.15, 0.2) is 46.9 Å². The molecule has 0 aliphatic heterocycles. The van der Waals surface area contributed by atoms with Crippen LogP contribution in [0.25, 0.3) is 22.6 Å². The average molecular weight is 335 g/mol. The Balaban J connectivity index is 1.74. The molecule has 0 radical (unpaired) electrons. The van der Waals surface area contributed by atoms with Crippen LogP contribution in [-0.2, 0) is 9.53 Å². The zero-order chi connectivity index (χ0) is 17.8. The SMILES string of the molecule is CC(C)OCC(=O)Nc1ccc(-c2nc3cc(C#N)ccc3o2)cc1. The van der Waals surface area contributed by atoms with Gasteiger partial charge in [0.1, 0.15) is 12.1 Å². The van der Waals surface area contributed by atoms with Crippen LogP contribution in [0.1, 0.15) is 19.4 Å². The molecule has 2 aromatic carbocycles. The quantitative estimate of drug-likeness (QED) is 0.767. The Morgan fingerprint density at radius 1 is 1.28 bits per heavy atom. The number of nitrogens with one attached hydrogen (secondary N) is 1. The number of carbonyl (C=O) groups excluding carboxylic acids is 1. The zero-order valence-electron chi connectivity index (χ0n) is 13.9. The first-order chi connectivity index (χ1) is 12.0. The number of oxazole rings is 1. The highest BCUT2D eigenvalue weighted by molar-refractivity contribution is 5.92. The number of aromatic nitrogens is 1. The van der Waals surface area contributed by atoms with E-state index < -0.39 is 0 Å². The van der Waals surface area contributed by atoms with Crippen LogP contribution >= 0.6 is 0 Å². The zero-order valence-corrected chi connectivity index (χ0v) is 13.9. The Morgan fingerprint density at radius 3 is 2.72 bits per heavy atom. The lowest BCUT2D eigenvalue weighted by Crippen LogP contribution is -2.20. The summed E-state index contributed by atoms with van der Waals surface area (Å²) in [7, 11) is 0. The molecule has 0 atom stereocenters. The predicted molar refractivity (Wildman–Crippen MR) is 93.9 cm³/mol. The number of amides is 1. The van der Waals surface area contributed by atoms with Crippen molar-refractivity contribution >= 4 is 22.7 Å². The van der Waals surface area contributed by atoms with E-state index in [1.165, 1.54) is 0 Å². The molecule has 1 amide bonds. The van der Waals surface area contributed by atoms with E-state index in [9.17, 15) is 4.79 Å². The Labute approximate surface area is 145 Å². The van der Waals surface area contributed by atoms with Gasteiger partial charge in [-0.1, -0.05) is 0 Å². The molecule has 126 valence electrons. The van der Waals surface area contributed by atoms with E-state index in [-0.39, 0.29) is 18.6 Å². The van der Waals surface area contributed by atoms with Crippen molar-refractivity contribution in [1.29, 1.82) is 5.26 Å². The third-order valence-corrected chi connectivity index (χ3v) is 3.48. The lowest BCUT2D eigenvalue weighted by molar-refractivity contribution is -0.121. The highest BCUT2D eigenvalue weighted by atomic mass is 16.5. The number of hydrogen-bond acceptors (Lipinski definition) is 5. The lowest BCUT2D eigenvalue weighted by Gasteiger charge is -2.08. The molecule has 25 heavy (non-hydrogen) atoms. The van der Waals surface area contributed by atoms with Crippen molar-refractivity contribution in [2.75, 3.05) is 11.9 Å². The van der Waals surface area contributed by atoms with Crippen LogP contribution < -0.4 is 5.32 Å². The molecule has 1 heterocycles. The van der Waals surface area contributed by atoms with Crippen LogP contribution in [0.3, 0.4) is 0 Å². The van der Waals surface area contributed by atoms with E-state index in [0.717, 1.165) is 5.56 Å². The summed E-state index contributed by atoms with van der Waals surface area (Å²) >= 11 is 0. The number of nitriles is 1. The van der Waals surface area contributed by atoms with Crippen molar-refractivity contribution in [3.05, 3.63) is 48.0 Å². The van der Waals surface area contributed by atoms with Gasteiger partial charge in [-0.3, -0.25) is 4.79 Å². The summed E-state index contributed by atoms with van der Waals surface area (Å²) in [5, 5.41) is 11.7.